The highest BCUT2D eigenvalue weighted by atomic mass is 35.5. The van der Waals surface area contributed by atoms with E-state index < -0.39 is 0 Å². The number of rotatable bonds is 3. The van der Waals surface area contributed by atoms with Crippen molar-refractivity contribution in [2.45, 2.75) is 25.8 Å². The van der Waals surface area contributed by atoms with Crippen LogP contribution in [0.15, 0.2) is 17.2 Å². The Bertz CT molecular complexity index is 405. The Morgan fingerprint density at radius 2 is 2.18 bits per heavy atom. The molecule has 1 aliphatic heterocycles. The van der Waals surface area contributed by atoms with Gasteiger partial charge in [-0.1, -0.05) is 11.6 Å². The van der Waals surface area contributed by atoms with Crippen LogP contribution in [-0.4, -0.2) is 31.0 Å². The van der Waals surface area contributed by atoms with Gasteiger partial charge in [0.05, 0.1) is 17.4 Å². The molecule has 1 aromatic rings. The van der Waals surface area contributed by atoms with E-state index in [4.69, 9.17) is 16.3 Å². The lowest BCUT2D eigenvalue weighted by molar-refractivity contribution is 0.0845. The van der Waals surface area contributed by atoms with Crippen molar-refractivity contribution < 1.29 is 4.74 Å². The van der Waals surface area contributed by atoms with Crippen molar-refractivity contribution in [2.24, 2.45) is 5.10 Å². The van der Waals surface area contributed by atoms with Crippen LogP contribution in [0.25, 0.3) is 0 Å². The van der Waals surface area contributed by atoms with Crippen LogP contribution in [0.1, 0.15) is 18.5 Å². The van der Waals surface area contributed by atoms with E-state index >= 15 is 0 Å². The molecule has 1 saturated heterocycles. The topological polar surface area (TPSA) is 37.7 Å². The number of pyridine rings is 1. The summed E-state index contributed by atoms with van der Waals surface area (Å²) in [4.78, 5) is 4.24. The largest absolute Gasteiger partial charge is 0.381 e. The number of aromatic nitrogens is 1. The second-order valence-corrected chi connectivity index (χ2v) is 4.46. The number of hydrazone groups is 1. The van der Waals surface area contributed by atoms with Crippen LogP contribution in [0.5, 0.6) is 0 Å². The summed E-state index contributed by atoms with van der Waals surface area (Å²) in [5, 5.41) is 6.55. The van der Waals surface area contributed by atoms with Gasteiger partial charge in [-0.15, -0.1) is 0 Å². The molecule has 0 spiro atoms. The van der Waals surface area contributed by atoms with E-state index in [2.05, 4.69) is 16.8 Å². The lowest BCUT2D eigenvalue weighted by atomic mass is 10.1. The van der Waals surface area contributed by atoms with Crippen molar-refractivity contribution in [3.8, 4) is 0 Å². The summed E-state index contributed by atoms with van der Waals surface area (Å²) >= 11 is 5.85. The molecule has 0 aliphatic carbocycles. The van der Waals surface area contributed by atoms with Crippen LogP contribution >= 0.6 is 11.6 Å². The fourth-order valence-corrected chi connectivity index (χ4v) is 2.27. The first kappa shape index (κ1) is 12.3. The lowest BCUT2D eigenvalue weighted by Gasteiger charge is -2.32. The van der Waals surface area contributed by atoms with Crippen molar-refractivity contribution in [2.75, 3.05) is 18.2 Å². The minimum absolute atomic E-state index is 0.336. The third-order valence-corrected chi connectivity index (χ3v) is 3.17. The molecule has 0 saturated carbocycles. The molecule has 0 N–H and O–H groups in total. The van der Waals surface area contributed by atoms with Gasteiger partial charge >= 0.3 is 0 Å². The molecular weight excluding hydrogens is 238 g/mol. The molecule has 0 atom stereocenters. The van der Waals surface area contributed by atoms with Gasteiger partial charge in [-0.25, -0.2) is 4.98 Å². The highest BCUT2D eigenvalue weighted by Gasteiger charge is 2.22. The summed E-state index contributed by atoms with van der Waals surface area (Å²) in [6, 6.07) is 4.05. The third kappa shape index (κ3) is 2.76. The molecule has 1 aromatic heterocycles. The molecule has 0 amide bonds. The fraction of sp³-hybridized carbons (Fsp3) is 0.500. The second kappa shape index (κ2) is 5.47. The lowest BCUT2D eigenvalue weighted by Crippen LogP contribution is -2.36. The first-order valence-corrected chi connectivity index (χ1v) is 6.07. The smallest absolute Gasteiger partial charge is 0.129 e. The van der Waals surface area contributed by atoms with E-state index in [0.717, 1.165) is 37.4 Å². The first-order chi connectivity index (χ1) is 8.22. The zero-order chi connectivity index (χ0) is 12.3. The fourth-order valence-electron chi connectivity index (χ4n) is 2.08. The van der Waals surface area contributed by atoms with Crippen LogP contribution in [0.3, 0.4) is 0 Å². The van der Waals surface area contributed by atoms with E-state index in [1.54, 1.807) is 6.07 Å². The van der Waals surface area contributed by atoms with E-state index in [1.807, 2.05) is 18.0 Å². The van der Waals surface area contributed by atoms with E-state index in [1.165, 1.54) is 0 Å². The molecule has 5 heteroatoms. The normalized spacial score (nSPS) is 16.8. The molecule has 0 bridgehead atoms. The summed E-state index contributed by atoms with van der Waals surface area (Å²) < 4.78 is 5.35. The molecule has 4 nitrogen and oxygen atoms in total. The highest BCUT2D eigenvalue weighted by molar-refractivity contribution is 6.29. The minimum atomic E-state index is 0.336. The van der Waals surface area contributed by atoms with Crippen molar-refractivity contribution in [1.82, 2.24) is 4.98 Å². The summed E-state index contributed by atoms with van der Waals surface area (Å²) in [5.74, 6) is 0. The quantitative estimate of drug-likeness (QED) is 0.472. The van der Waals surface area contributed by atoms with Crippen LogP contribution in [0.4, 0.5) is 5.69 Å². The maximum Gasteiger partial charge on any atom is 0.129 e. The van der Waals surface area contributed by atoms with Gasteiger partial charge in [0.1, 0.15) is 5.15 Å². The standard InChI is InChI=1S/C12H16ClN3O/c1-9-11(3-4-12(13)15-9)16(14-2)10-5-7-17-8-6-10/h3-4,10H,2,5-8H2,1H3. The monoisotopic (exact) mass is 253 g/mol. The Morgan fingerprint density at radius 1 is 1.47 bits per heavy atom. The number of aryl methyl sites for hydroxylation is 1. The Kier molecular flexibility index (Phi) is 3.97. The highest BCUT2D eigenvalue weighted by Crippen LogP contribution is 2.26. The molecule has 0 unspecified atom stereocenters. The minimum Gasteiger partial charge on any atom is -0.381 e. The van der Waals surface area contributed by atoms with Gasteiger partial charge in [0, 0.05) is 19.9 Å². The molecule has 2 heterocycles. The molecule has 1 aliphatic rings. The van der Waals surface area contributed by atoms with Gasteiger partial charge in [0.2, 0.25) is 0 Å². The average Bonchev–Trinajstić information content (AvgIpc) is 2.34. The van der Waals surface area contributed by atoms with Crippen LogP contribution < -0.4 is 5.01 Å². The number of hydrogen-bond acceptors (Lipinski definition) is 4. The van der Waals surface area contributed by atoms with E-state index in [9.17, 15) is 0 Å². The Morgan fingerprint density at radius 3 is 2.76 bits per heavy atom. The van der Waals surface area contributed by atoms with Gasteiger partial charge in [-0.2, -0.15) is 5.10 Å². The summed E-state index contributed by atoms with van der Waals surface area (Å²) in [6.07, 6.45) is 1.92. The van der Waals surface area contributed by atoms with Crippen molar-refractivity contribution in [3.63, 3.8) is 0 Å². The number of hydrogen-bond donors (Lipinski definition) is 0. The summed E-state index contributed by atoms with van der Waals surface area (Å²) in [6.45, 7) is 7.13. The third-order valence-electron chi connectivity index (χ3n) is 2.96. The number of ether oxygens (including phenoxy) is 1. The number of nitrogens with zero attached hydrogens (tertiary/aromatic N) is 3. The van der Waals surface area contributed by atoms with Crippen LogP contribution in [-0.2, 0) is 4.74 Å². The molecule has 0 radical (unpaired) electrons. The van der Waals surface area contributed by atoms with Crippen LogP contribution in [0, 0.1) is 6.92 Å². The maximum absolute atomic E-state index is 5.85. The van der Waals surface area contributed by atoms with Gasteiger partial charge in [0.25, 0.3) is 0 Å². The molecular formula is C12H16ClN3O. The number of halogens is 1. The van der Waals surface area contributed by atoms with Gasteiger partial charge in [-0.3, -0.25) is 5.01 Å². The summed E-state index contributed by atoms with van der Waals surface area (Å²) in [5.41, 5.74) is 1.84. The molecule has 2 rings (SSSR count). The van der Waals surface area contributed by atoms with E-state index in [0.29, 0.717) is 11.2 Å². The molecule has 92 valence electrons. The van der Waals surface area contributed by atoms with Gasteiger partial charge < -0.3 is 4.74 Å². The zero-order valence-electron chi connectivity index (χ0n) is 9.90. The average molecular weight is 254 g/mol. The predicted molar refractivity (Wildman–Crippen MR) is 69.9 cm³/mol. The molecule has 1 fully saturated rings. The first-order valence-electron chi connectivity index (χ1n) is 5.69. The zero-order valence-corrected chi connectivity index (χ0v) is 10.7. The van der Waals surface area contributed by atoms with Crippen molar-refractivity contribution >= 4 is 24.0 Å². The summed E-state index contributed by atoms with van der Waals surface area (Å²) in [7, 11) is 0. The Labute approximate surface area is 106 Å². The molecule has 17 heavy (non-hydrogen) atoms. The van der Waals surface area contributed by atoms with Gasteiger partial charge in [0.15, 0.2) is 0 Å². The van der Waals surface area contributed by atoms with Crippen molar-refractivity contribution in [1.29, 1.82) is 0 Å². The van der Waals surface area contributed by atoms with Gasteiger partial charge in [-0.05, 0) is 31.9 Å². The Balaban J connectivity index is 2.24. The van der Waals surface area contributed by atoms with E-state index in [-0.39, 0.29) is 0 Å². The predicted octanol–water partition coefficient (Wildman–Crippen LogP) is 2.64. The van der Waals surface area contributed by atoms with Crippen LogP contribution in [0.2, 0.25) is 5.15 Å². The number of anilines is 1. The Hall–Kier alpha value is -1.13. The maximum atomic E-state index is 5.85. The second-order valence-electron chi connectivity index (χ2n) is 4.07. The molecule has 0 aromatic carbocycles. The van der Waals surface area contributed by atoms with Crippen molar-refractivity contribution in [3.05, 3.63) is 23.0 Å². The SMILES string of the molecule is C=NN(c1ccc(Cl)nc1C)C1CCOCC1.